The first-order chi connectivity index (χ1) is 52.8. The van der Waals surface area contributed by atoms with Gasteiger partial charge < -0.3 is 68.2 Å². The van der Waals surface area contributed by atoms with E-state index < -0.39 is 125 Å². The average molecular weight is 1550 g/mol. The molecule has 614 valence electrons. The molecule has 0 radical (unpaired) electrons. The van der Waals surface area contributed by atoms with Crippen LogP contribution in [0.15, 0.2) is 91.3 Å². The third-order valence-electron chi connectivity index (χ3n) is 23.6. The minimum atomic E-state index is -1.95. The fraction of sp³-hybridized carbons (Fsp3) is 0.640. The maximum absolute atomic E-state index is 15.9. The Bertz CT molecular complexity index is 3860. The summed E-state index contributed by atoms with van der Waals surface area (Å²) in [5.41, 5.74) is 1.55. The lowest BCUT2D eigenvalue weighted by atomic mass is 9.79. The molecule has 26 heteroatoms. The molecule has 0 saturated carbocycles. The Morgan fingerprint density at radius 1 is 0.580 bits per heavy atom. The van der Waals surface area contributed by atoms with Crippen LogP contribution in [0.3, 0.4) is 0 Å². The van der Waals surface area contributed by atoms with Crippen molar-refractivity contribution in [2.24, 2.45) is 41.4 Å². The number of fused-ring (bicyclic) bond motifs is 1. The van der Waals surface area contributed by atoms with Crippen LogP contribution in [0.25, 0.3) is 11.1 Å². The third kappa shape index (κ3) is 22.0. The molecule has 11 atom stereocenters. The number of esters is 1. The first-order valence-corrected chi connectivity index (χ1v) is 40.5. The van der Waals surface area contributed by atoms with Gasteiger partial charge in [0.25, 0.3) is 5.91 Å². The number of aliphatic hydroxyl groups is 1. The molecular formula is C86H127BN10O15. The number of benzene rings is 2. The fourth-order valence-electron chi connectivity index (χ4n) is 16.1. The SMILES string of the molecule is CC1(C)OB(c2ccnc(N3CCOCC3)c2)OC1(C)C.CCC(C)[C@@H]1CC(=O)C2CCCN2C(=O)C(Cc2cccc(-c3ccnc(N4CCOCC4)c3)c2)N(C)C(=O)C(Cc2ccccc2)NC(=O)[C@H](C(C)C)N(C)C(=O)[C@@H](C(C)CC)OC(=O)[C@H](C(C)(C)O)N(C)C(=O)[C@H](CC(C)C)CC(=O)[C@H](C(C)C)N(C)C1=O. The second kappa shape index (κ2) is 39.2. The maximum atomic E-state index is 15.9. The van der Waals surface area contributed by atoms with Crippen molar-refractivity contribution >= 4 is 77.2 Å². The van der Waals surface area contributed by atoms with Crippen molar-refractivity contribution in [3.8, 4) is 11.1 Å². The summed E-state index contributed by atoms with van der Waals surface area (Å²) in [6.07, 6.45) is 3.29. The van der Waals surface area contributed by atoms with E-state index in [2.05, 4.69) is 58.8 Å². The highest BCUT2D eigenvalue weighted by atomic mass is 16.7. The summed E-state index contributed by atoms with van der Waals surface area (Å²) >= 11 is 0. The fourth-order valence-corrected chi connectivity index (χ4v) is 16.1. The molecule has 0 bridgehead atoms. The number of nitrogens with one attached hydrogen (secondary N) is 1. The van der Waals surface area contributed by atoms with Crippen molar-refractivity contribution in [2.75, 3.05) is 97.1 Å². The van der Waals surface area contributed by atoms with Gasteiger partial charge >= 0.3 is 13.1 Å². The lowest BCUT2D eigenvalue weighted by Gasteiger charge is -2.39. The van der Waals surface area contributed by atoms with Crippen LogP contribution < -0.4 is 20.6 Å². The van der Waals surface area contributed by atoms with E-state index in [9.17, 15) is 19.5 Å². The van der Waals surface area contributed by atoms with E-state index in [0.29, 0.717) is 63.1 Å². The van der Waals surface area contributed by atoms with Crippen LogP contribution in [0.2, 0.25) is 0 Å². The molecule has 25 nitrogen and oxygen atoms in total. The number of morpholine rings is 2. The highest BCUT2D eigenvalue weighted by Crippen LogP contribution is 2.38. The Hall–Kier alpha value is -8.17. The molecule has 0 aliphatic carbocycles. The number of nitrogens with zero attached hydrogens (tertiary/aromatic N) is 9. The van der Waals surface area contributed by atoms with Gasteiger partial charge in [0.05, 0.1) is 55.3 Å². The van der Waals surface area contributed by atoms with E-state index in [1.54, 1.807) is 38.9 Å². The van der Waals surface area contributed by atoms with Gasteiger partial charge in [0.1, 0.15) is 29.8 Å². The van der Waals surface area contributed by atoms with Gasteiger partial charge in [0.15, 0.2) is 23.7 Å². The van der Waals surface area contributed by atoms with Gasteiger partial charge in [-0.15, -0.1) is 0 Å². The average Bonchev–Trinajstić information content (AvgIpc) is 1.65. The number of Topliss-reactive ketones (excluding diaryl/α,β-unsaturated/α-hetero) is 2. The number of ether oxygens (including phenoxy) is 3. The summed E-state index contributed by atoms with van der Waals surface area (Å²) in [4.78, 5) is 157. The lowest BCUT2D eigenvalue weighted by Crippen LogP contribution is -2.61. The number of carbonyl (C=O) groups is 9. The second-order valence-corrected chi connectivity index (χ2v) is 34.1. The van der Waals surface area contributed by atoms with Crippen LogP contribution in [0.1, 0.15) is 167 Å². The van der Waals surface area contributed by atoms with Crippen molar-refractivity contribution in [1.29, 1.82) is 0 Å². The summed E-state index contributed by atoms with van der Waals surface area (Å²) in [6.45, 7) is 35.2. The zero-order valence-corrected chi connectivity index (χ0v) is 70.2. The highest BCUT2D eigenvalue weighted by molar-refractivity contribution is 6.62. The number of carbonyl (C=O) groups excluding carboxylic acids is 9. The number of hydrogen-bond acceptors (Lipinski definition) is 19. The van der Waals surface area contributed by atoms with Crippen molar-refractivity contribution in [3.63, 3.8) is 0 Å². The molecule has 112 heavy (non-hydrogen) atoms. The van der Waals surface area contributed by atoms with E-state index in [1.165, 1.54) is 49.7 Å². The van der Waals surface area contributed by atoms with E-state index >= 15 is 28.8 Å². The van der Waals surface area contributed by atoms with E-state index in [1.807, 2.05) is 127 Å². The topological polar surface area (TPSA) is 280 Å². The van der Waals surface area contributed by atoms with E-state index in [0.717, 1.165) is 59.4 Å². The van der Waals surface area contributed by atoms with Crippen LogP contribution in [0.4, 0.5) is 11.6 Å². The number of anilines is 2. The molecular weight excluding hydrogens is 1420 g/mol. The van der Waals surface area contributed by atoms with Gasteiger partial charge in [-0.05, 0) is 143 Å². The zero-order valence-electron chi connectivity index (χ0n) is 70.2. The number of ketones is 2. The summed E-state index contributed by atoms with van der Waals surface area (Å²) in [7, 11) is 5.52. The Morgan fingerprint density at radius 2 is 1.13 bits per heavy atom. The summed E-state index contributed by atoms with van der Waals surface area (Å²) in [6, 6.07) is 17.3. The molecule has 6 amide bonds. The molecule has 5 fully saturated rings. The molecule has 5 aliphatic heterocycles. The van der Waals surface area contributed by atoms with E-state index in [4.69, 9.17) is 23.5 Å². The van der Waals surface area contributed by atoms with Gasteiger partial charge in [0.2, 0.25) is 29.5 Å². The zero-order chi connectivity index (χ0) is 82.4. The predicted octanol–water partition coefficient (Wildman–Crippen LogP) is 8.67. The Morgan fingerprint density at radius 3 is 1.70 bits per heavy atom. The molecule has 2 aromatic carbocycles. The van der Waals surface area contributed by atoms with Crippen LogP contribution in [0.5, 0.6) is 0 Å². The summed E-state index contributed by atoms with van der Waals surface area (Å²) in [5, 5.41) is 14.8. The summed E-state index contributed by atoms with van der Waals surface area (Å²) in [5.74, 6) is -7.78. The quantitative estimate of drug-likeness (QED) is 0.0738. The maximum Gasteiger partial charge on any atom is 0.495 e. The number of pyridine rings is 2. The minimum Gasteiger partial charge on any atom is -0.450 e. The minimum absolute atomic E-state index is 0.00155. The number of aromatic nitrogens is 2. The first kappa shape index (κ1) is 89.4. The van der Waals surface area contributed by atoms with Crippen molar-refractivity contribution in [1.82, 2.24) is 39.8 Å². The second-order valence-electron chi connectivity index (χ2n) is 34.1. The van der Waals surface area contributed by atoms with Gasteiger partial charge in [-0.3, -0.25) is 38.4 Å². The van der Waals surface area contributed by atoms with Crippen LogP contribution in [0, 0.1) is 41.4 Å². The number of amides is 6. The number of hydrogen-bond donors (Lipinski definition) is 2. The number of cyclic esters (lactones) is 1. The molecule has 2 aromatic heterocycles. The monoisotopic (exact) mass is 1550 g/mol. The van der Waals surface area contributed by atoms with Crippen molar-refractivity contribution in [2.45, 2.75) is 228 Å². The molecule has 5 unspecified atom stereocenters. The standard InChI is InChI=1S/C71H104N8O12.C15H23BN2O3/c1-17-46(9)53-42-57(80)55-28-23-31-79(55)68(86)56(39-49-26-22-27-50(37-49)51-29-30-72-59(41-51)78-32-34-90-35-33-78)74(13)67(85)54(38-48-24-20-19-21-25-48)73-64(82)61(45(7)8)76(15)69(87)62(47(10)18-2)91-70(88)63(71(11,12)89)77(16)65(83)52(36-43(3)4)40-58(81)60(44(5)6)75(14)66(53)84;1-14(2)15(3,4)21-16(20-14)12-5-6-17-13(11-12)18-7-9-19-10-8-18/h19-22,24-27,29-30,37,41,43-47,52-56,60-63,89H,17-18,23,28,31-36,38-40,42H2,1-16H3,(H,73,82);5-6,11H,7-10H2,1-4H3/t46?,47?,52-,53+,54?,55?,56?,60+,61+,62-,63-;/m1./s1. The van der Waals surface area contributed by atoms with Crippen molar-refractivity contribution < 1.29 is 71.8 Å². The van der Waals surface area contributed by atoms with Crippen LogP contribution in [-0.2, 0) is 79.5 Å². The molecule has 2 N–H and O–H groups in total. The van der Waals surface area contributed by atoms with Gasteiger partial charge in [-0.1, -0.05) is 130 Å². The number of rotatable bonds is 17. The predicted molar refractivity (Wildman–Crippen MR) is 433 cm³/mol. The summed E-state index contributed by atoms with van der Waals surface area (Å²) < 4.78 is 29.4. The first-order valence-electron chi connectivity index (χ1n) is 40.5. The molecule has 4 aromatic rings. The Balaban J connectivity index is 0.000000638. The third-order valence-corrected chi connectivity index (χ3v) is 23.6. The smallest absolute Gasteiger partial charge is 0.450 e. The largest absolute Gasteiger partial charge is 0.495 e. The Labute approximate surface area is 665 Å². The normalized spacial score (nSPS) is 25.5. The number of likely N-dealkylation sites (N-methyl/N-ethyl adjacent to an activating group) is 4. The Kier molecular flexibility index (Phi) is 31.3. The highest BCUT2D eigenvalue weighted by Gasteiger charge is 2.53. The van der Waals surface area contributed by atoms with Gasteiger partial charge in [-0.2, -0.15) is 0 Å². The lowest BCUT2D eigenvalue weighted by molar-refractivity contribution is -0.178. The molecule has 0 spiro atoms. The van der Waals surface area contributed by atoms with Gasteiger partial charge in [-0.25, -0.2) is 14.8 Å². The van der Waals surface area contributed by atoms with Crippen LogP contribution in [-0.4, -0.2) is 246 Å². The molecule has 5 saturated heterocycles. The van der Waals surface area contributed by atoms with E-state index in [-0.39, 0.29) is 74.6 Å². The molecule has 9 rings (SSSR count). The van der Waals surface area contributed by atoms with Crippen molar-refractivity contribution in [3.05, 3.63) is 102 Å². The van der Waals surface area contributed by atoms with Crippen LogP contribution >= 0.6 is 0 Å². The molecule has 7 heterocycles. The van der Waals surface area contributed by atoms with Gasteiger partial charge in [0, 0.05) is 117 Å². The molecule has 5 aliphatic rings.